The van der Waals surface area contributed by atoms with Crippen LogP contribution in [0.2, 0.25) is 5.02 Å². The lowest BCUT2D eigenvalue weighted by Gasteiger charge is -2.04. The van der Waals surface area contributed by atoms with Crippen LogP contribution in [0, 0.1) is 17.1 Å². The van der Waals surface area contributed by atoms with Crippen molar-refractivity contribution in [2.75, 3.05) is 0 Å². The zero-order valence-electron chi connectivity index (χ0n) is 8.11. The van der Waals surface area contributed by atoms with E-state index in [2.05, 4.69) is 4.98 Å². The van der Waals surface area contributed by atoms with Crippen molar-refractivity contribution >= 4 is 11.6 Å². The zero-order chi connectivity index (χ0) is 11.5. The van der Waals surface area contributed by atoms with E-state index in [0.29, 0.717) is 16.7 Å². The third-order valence-electron chi connectivity index (χ3n) is 2.13. The molecule has 0 amide bonds. The SMILES string of the molecule is N#Cc1cncc(-c2cccc(Cl)c2F)c1. The lowest BCUT2D eigenvalue weighted by atomic mass is 10.1. The Hall–Kier alpha value is -1.92. The highest BCUT2D eigenvalue weighted by atomic mass is 35.5. The van der Waals surface area contributed by atoms with Gasteiger partial charge in [0, 0.05) is 23.5 Å². The Labute approximate surface area is 96.9 Å². The van der Waals surface area contributed by atoms with E-state index >= 15 is 0 Å². The average molecular weight is 233 g/mol. The van der Waals surface area contributed by atoms with Crippen molar-refractivity contribution in [2.24, 2.45) is 0 Å². The fraction of sp³-hybridized carbons (Fsp3) is 0. The van der Waals surface area contributed by atoms with Gasteiger partial charge in [0.15, 0.2) is 0 Å². The van der Waals surface area contributed by atoms with Gasteiger partial charge in [0.2, 0.25) is 0 Å². The standard InChI is InChI=1S/C12H6ClFN2/c13-11-3-1-2-10(12(11)14)9-4-8(5-15)6-16-7-9/h1-4,6-7H. The van der Waals surface area contributed by atoms with E-state index in [1.54, 1.807) is 18.2 Å². The van der Waals surface area contributed by atoms with Crippen LogP contribution in [0.3, 0.4) is 0 Å². The highest BCUT2D eigenvalue weighted by Crippen LogP contribution is 2.27. The molecule has 1 aromatic heterocycles. The number of nitrogens with zero attached hydrogens (tertiary/aromatic N) is 2. The van der Waals surface area contributed by atoms with E-state index in [-0.39, 0.29) is 5.02 Å². The second-order valence-electron chi connectivity index (χ2n) is 3.18. The number of nitriles is 1. The number of benzene rings is 1. The second-order valence-corrected chi connectivity index (χ2v) is 3.58. The smallest absolute Gasteiger partial charge is 0.149 e. The summed E-state index contributed by atoms with van der Waals surface area (Å²) in [6, 6.07) is 8.25. The quantitative estimate of drug-likeness (QED) is 0.756. The monoisotopic (exact) mass is 232 g/mol. The van der Waals surface area contributed by atoms with E-state index < -0.39 is 5.82 Å². The highest BCUT2D eigenvalue weighted by molar-refractivity contribution is 6.31. The molecule has 2 nitrogen and oxygen atoms in total. The molecule has 1 aromatic carbocycles. The van der Waals surface area contributed by atoms with E-state index in [1.165, 1.54) is 18.5 Å². The van der Waals surface area contributed by atoms with Crippen molar-refractivity contribution < 1.29 is 4.39 Å². The molecule has 0 aliphatic carbocycles. The predicted molar refractivity (Wildman–Crippen MR) is 59.4 cm³/mol. The van der Waals surface area contributed by atoms with Crippen LogP contribution in [0.1, 0.15) is 5.56 Å². The molecule has 4 heteroatoms. The Morgan fingerprint density at radius 1 is 1.31 bits per heavy atom. The minimum absolute atomic E-state index is 0.0554. The molecule has 0 aliphatic heterocycles. The van der Waals surface area contributed by atoms with Gasteiger partial charge in [-0.2, -0.15) is 5.26 Å². The van der Waals surface area contributed by atoms with Crippen LogP contribution >= 0.6 is 11.6 Å². The topological polar surface area (TPSA) is 36.7 Å². The van der Waals surface area contributed by atoms with Crippen molar-refractivity contribution in [1.82, 2.24) is 4.98 Å². The number of pyridine rings is 1. The van der Waals surface area contributed by atoms with Gasteiger partial charge in [-0.1, -0.05) is 23.7 Å². The molecule has 78 valence electrons. The minimum atomic E-state index is -0.499. The zero-order valence-corrected chi connectivity index (χ0v) is 8.87. The molecule has 16 heavy (non-hydrogen) atoms. The van der Waals surface area contributed by atoms with Crippen LogP contribution in [0.15, 0.2) is 36.7 Å². The highest BCUT2D eigenvalue weighted by Gasteiger charge is 2.08. The largest absolute Gasteiger partial charge is 0.263 e. The Bertz CT molecular complexity index is 575. The lowest BCUT2D eigenvalue weighted by molar-refractivity contribution is 0.631. The summed E-state index contributed by atoms with van der Waals surface area (Å²) in [6.45, 7) is 0. The maximum absolute atomic E-state index is 13.7. The first-order valence-corrected chi connectivity index (χ1v) is 4.89. The van der Waals surface area contributed by atoms with Crippen LogP contribution in [-0.2, 0) is 0 Å². The first kappa shape index (κ1) is 10.6. The van der Waals surface area contributed by atoms with Crippen molar-refractivity contribution in [3.63, 3.8) is 0 Å². The molecular weight excluding hydrogens is 227 g/mol. The summed E-state index contributed by atoms with van der Waals surface area (Å²) < 4.78 is 13.7. The number of rotatable bonds is 1. The van der Waals surface area contributed by atoms with E-state index in [0.717, 1.165) is 0 Å². The normalized spacial score (nSPS) is 9.81. The molecule has 0 fully saturated rings. The summed E-state index contributed by atoms with van der Waals surface area (Å²) in [4.78, 5) is 3.87. The summed E-state index contributed by atoms with van der Waals surface area (Å²) in [6.07, 6.45) is 2.92. The van der Waals surface area contributed by atoms with Crippen LogP contribution in [0.25, 0.3) is 11.1 Å². The maximum atomic E-state index is 13.7. The molecule has 0 bridgehead atoms. The van der Waals surface area contributed by atoms with Crippen molar-refractivity contribution in [1.29, 1.82) is 5.26 Å². The fourth-order valence-electron chi connectivity index (χ4n) is 1.38. The van der Waals surface area contributed by atoms with E-state index in [4.69, 9.17) is 16.9 Å². The van der Waals surface area contributed by atoms with Gasteiger partial charge < -0.3 is 0 Å². The number of halogens is 2. The van der Waals surface area contributed by atoms with Crippen LogP contribution in [0.5, 0.6) is 0 Å². The molecule has 2 aromatic rings. The van der Waals surface area contributed by atoms with Crippen molar-refractivity contribution in [2.45, 2.75) is 0 Å². The van der Waals surface area contributed by atoms with Gasteiger partial charge in [0.05, 0.1) is 10.6 Å². The molecule has 0 saturated heterocycles. The van der Waals surface area contributed by atoms with Crippen molar-refractivity contribution in [3.8, 4) is 17.2 Å². The molecule has 0 aliphatic rings. The molecule has 0 spiro atoms. The molecule has 2 rings (SSSR count). The van der Waals surface area contributed by atoms with Gasteiger partial charge in [-0.25, -0.2) is 4.39 Å². The third kappa shape index (κ3) is 1.88. The molecule has 0 saturated carbocycles. The van der Waals surface area contributed by atoms with Gasteiger partial charge >= 0.3 is 0 Å². The number of aromatic nitrogens is 1. The van der Waals surface area contributed by atoms with Crippen molar-refractivity contribution in [3.05, 3.63) is 53.1 Å². The molecule has 0 atom stereocenters. The number of hydrogen-bond donors (Lipinski definition) is 0. The van der Waals surface area contributed by atoms with E-state index in [1.807, 2.05) is 6.07 Å². The Morgan fingerprint density at radius 2 is 2.12 bits per heavy atom. The maximum Gasteiger partial charge on any atom is 0.149 e. The predicted octanol–water partition coefficient (Wildman–Crippen LogP) is 3.41. The lowest BCUT2D eigenvalue weighted by Crippen LogP contribution is -1.87. The molecule has 0 N–H and O–H groups in total. The Balaban J connectivity index is 2.59. The van der Waals surface area contributed by atoms with Gasteiger partial charge in [0.1, 0.15) is 11.9 Å². The first-order valence-electron chi connectivity index (χ1n) is 4.52. The van der Waals surface area contributed by atoms with Crippen LogP contribution < -0.4 is 0 Å². The third-order valence-corrected chi connectivity index (χ3v) is 2.42. The van der Waals surface area contributed by atoms with Gasteiger partial charge in [0.25, 0.3) is 0 Å². The first-order chi connectivity index (χ1) is 7.72. The summed E-state index contributed by atoms with van der Waals surface area (Å²) in [5.41, 5.74) is 1.27. The molecule has 1 heterocycles. The van der Waals surface area contributed by atoms with E-state index in [9.17, 15) is 4.39 Å². The Morgan fingerprint density at radius 3 is 2.88 bits per heavy atom. The summed E-state index contributed by atoms with van der Waals surface area (Å²) in [5.74, 6) is -0.499. The summed E-state index contributed by atoms with van der Waals surface area (Å²) in [7, 11) is 0. The van der Waals surface area contributed by atoms with Gasteiger partial charge in [-0.05, 0) is 12.1 Å². The molecular formula is C12H6ClFN2. The molecule has 0 unspecified atom stereocenters. The molecule has 0 radical (unpaired) electrons. The number of hydrogen-bond acceptors (Lipinski definition) is 2. The van der Waals surface area contributed by atoms with Crippen LogP contribution in [0.4, 0.5) is 4.39 Å². The minimum Gasteiger partial charge on any atom is -0.263 e. The summed E-state index contributed by atoms with van der Waals surface area (Å²) in [5, 5.41) is 8.78. The van der Waals surface area contributed by atoms with Crippen LogP contribution in [-0.4, -0.2) is 4.98 Å². The fourth-order valence-corrected chi connectivity index (χ4v) is 1.55. The van der Waals surface area contributed by atoms with Gasteiger partial charge in [-0.3, -0.25) is 4.98 Å². The average Bonchev–Trinajstić information content (AvgIpc) is 2.33. The second kappa shape index (κ2) is 4.30. The summed E-state index contributed by atoms with van der Waals surface area (Å²) >= 11 is 5.68. The Kier molecular flexibility index (Phi) is 2.84. The van der Waals surface area contributed by atoms with Gasteiger partial charge in [-0.15, -0.1) is 0 Å².